The van der Waals surface area contributed by atoms with E-state index in [9.17, 15) is 13.2 Å². The van der Waals surface area contributed by atoms with Crippen molar-refractivity contribution in [2.24, 2.45) is 5.84 Å². The van der Waals surface area contributed by atoms with Crippen LogP contribution in [0.3, 0.4) is 0 Å². The fourth-order valence-corrected chi connectivity index (χ4v) is 1.66. The van der Waals surface area contributed by atoms with Gasteiger partial charge in [0.05, 0.1) is 0 Å². The molecule has 1 atom stereocenters. The summed E-state index contributed by atoms with van der Waals surface area (Å²) in [6.07, 6.45) is -4.49. The van der Waals surface area contributed by atoms with E-state index in [2.05, 4.69) is 0 Å². The van der Waals surface area contributed by atoms with Gasteiger partial charge in [-0.15, -0.1) is 0 Å². The first kappa shape index (κ1) is 11.9. The van der Waals surface area contributed by atoms with Crippen LogP contribution in [0.15, 0.2) is 28.7 Å². The molecule has 0 aliphatic heterocycles. The quantitative estimate of drug-likeness (QED) is 0.631. The number of fused-ring (bicyclic) bond motifs is 1. The highest BCUT2D eigenvalue weighted by atomic mass is 19.4. The molecule has 0 aliphatic rings. The van der Waals surface area contributed by atoms with Crippen molar-refractivity contribution in [1.29, 1.82) is 0 Å². The van der Waals surface area contributed by atoms with Crippen molar-refractivity contribution in [1.82, 2.24) is 5.43 Å². The first-order chi connectivity index (χ1) is 7.91. The number of alkyl halides is 3. The monoisotopic (exact) mass is 244 g/mol. The lowest BCUT2D eigenvalue weighted by molar-refractivity contribution is -0.161. The fraction of sp³-hybridized carbons (Fsp3) is 0.273. The molecular formula is C11H11F3N2O. The summed E-state index contributed by atoms with van der Waals surface area (Å²) in [4.78, 5) is 0. The number of rotatable bonds is 2. The van der Waals surface area contributed by atoms with Gasteiger partial charge in [-0.25, -0.2) is 5.43 Å². The zero-order chi connectivity index (χ0) is 12.6. The lowest BCUT2D eigenvalue weighted by Crippen LogP contribution is -2.38. The Morgan fingerprint density at radius 3 is 2.59 bits per heavy atom. The summed E-state index contributed by atoms with van der Waals surface area (Å²) >= 11 is 0. The Morgan fingerprint density at radius 2 is 2.00 bits per heavy atom. The molecule has 2 aromatic rings. The van der Waals surface area contributed by atoms with Crippen molar-refractivity contribution in [3.63, 3.8) is 0 Å². The molecule has 92 valence electrons. The number of benzene rings is 1. The molecule has 0 aliphatic carbocycles. The number of furan rings is 1. The summed E-state index contributed by atoms with van der Waals surface area (Å²) in [7, 11) is 0. The van der Waals surface area contributed by atoms with E-state index >= 15 is 0 Å². The third kappa shape index (κ3) is 2.27. The van der Waals surface area contributed by atoms with Crippen LogP contribution in [0.4, 0.5) is 13.2 Å². The Morgan fingerprint density at radius 1 is 1.29 bits per heavy atom. The minimum atomic E-state index is -4.49. The van der Waals surface area contributed by atoms with E-state index in [1.807, 2.05) is 6.92 Å². The Hall–Kier alpha value is -1.53. The third-order valence-electron chi connectivity index (χ3n) is 2.47. The highest BCUT2D eigenvalue weighted by molar-refractivity contribution is 5.78. The minimum absolute atomic E-state index is 0.236. The average Bonchev–Trinajstić information content (AvgIpc) is 2.58. The largest absolute Gasteiger partial charge is 0.459 e. The second kappa shape index (κ2) is 4.05. The second-order valence-electron chi connectivity index (χ2n) is 3.83. The number of nitrogens with one attached hydrogen (secondary N) is 1. The molecule has 17 heavy (non-hydrogen) atoms. The van der Waals surface area contributed by atoms with Crippen molar-refractivity contribution in [3.8, 4) is 0 Å². The molecular weight excluding hydrogens is 233 g/mol. The first-order valence-corrected chi connectivity index (χ1v) is 4.95. The van der Waals surface area contributed by atoms with Crippen LogP contribution in [0, 0.1) is 6.92 Å². The molecule has 1 unspecified atom stereocenters. The molecule has 1 aromatic carbocycles. The van der Waals surface area contributed by atoms with Crippen molar-refractivity contribution in [3.05, 3.63) is 35.6 Å². The van der Waals surface area contributed by atoms with Crippen LogP contribution < -0.4 is 11.3 Å². The first-order valence-electron chi connectivity index (χ1n) is 4.95. The number of hydrazine groups is 1. The van der Waals surface area contributed by atoms with Gasteiger partial charge in [-0.2, -0.15) is 13.2 Å². The van der Waals surface area contributed by atoms with Gasteiger partial charge in [0, 0.05) is 5.39 Å². The highest BCUT2D eigenvalue weighted by Gasteiger charge is 2.42. The summed E-state index contributed by atoms with van der Waals surface area (Å²) in [6.45, 7) is 1.86. The normalized spacial score (nSPS) is 14.2. The van der Waals surface area contributed by atoms with Crippen LogP contribution in [0.1, 0.15) is 17.4 Å². The van der Waals surface area contributed by atoms with Crippen molar-refractivity contribution >= 4 is 11.0 Å². The number of aryl methyl sites for hydroxylation is 1. The summed E-state index contributed by atoms with van der Waals surface area (Å²) < 4.78 is 43.0. The molecule has 1 heterocycles. The molecule has 0 radical (unpaired) electrons. The predicted molar refractivity (Wildman–Crippen MR) is 57.1 cm³/mol. The molecule has 0 amide bonds. The Labute approximate surface area is 95.4 Å². The van der Waals surface area contributed by atoms with E-state index in [1.165, 1.54) is 6.07 Å². The molecule has 3 nitrogen and oxygen atoms in total. The van der Waals surface area contributed by atoms with Gasteiger partial charge in [0.25, 0.3) is 0 Å². The Bertz CT molecular complexity index is 533. The van der Waals surface area contributed by atoms with Gasteiger partial charge in [0.2, 0.25) is 0 Å². The van der Waals surface area contributed by atoms with E-state index in [1.54, 1.807) is 23.6 Å². The summed E-state index contributed by atoms with van der Waals surface area (Å²) in [5.74, 6) is 4.68. The number of hydrogen-bond donors (Lipinski definition) is 2. The number of nitrogens with two attached hydrogens (primary N) is 1. The highest BCUT2D eigenvalue weighted by Crippen LogP contribution is 2.34. The van der Waals surface area contributed by atoms with E-state index in [0.717, 1.165) is 5.56 Å². The molecule has 6 heteroatoms. The maximum Gasteiger partial charge on any atom is 0.412 e. The molecule has 0 bridgehead atoms. The molecule has 0 saturated carbocycles. The van der Waals surface area contributed by atoms with Crippen LogP contribution in [0.5, 0.6) is 0 Å². The standard InChI is InChI=1S/C11H11F3N2O/c1-6-2-3-8-7(4-6)5-9(17-8)10(16-15)11(12,13)14/h2-5,10,16H,15H2,1H3. The molecule has 0 saturated heterocycles. The Kier molecular flexibility index (Phi) is 2.84. The van der Waals surface area contributed by atoms with Crippen LogP contribution >= 0.6 is 0 Å². The number of halogens is 3. The summed E-state index contributed by atoms with van der Waals surface area (Å²) in [5.41, 5.74) is 3.08. The molecule has 1 aromatic heterocycles. The predicted octanol–water partition coefficient (Wildman–Crippen LogP) is 2.81. The van der Waals surface area contributed by atoms with Gasteiger partial charge in [-0.1, -0.05) is 11.6 Å². The summed E-state index contributed by atoms with van der Waals surface area (Å²) in [6, 6.07) is 4.52. The van der Waals surface area contributed by atoms with Crippen molar-refractivity contribution in [2.45, 2.75) is 19.1 Å². The third-order valence-corrected chi connectivity index (χ3v) is 2.47. The summed E-state index contributed by atoms with van der Waals surface area (Å²) in [5, 5.41) is 0.629. The lowest BCUT2D eigenvalue weighted by Gasteiger charge is -2.16. The smallest absolute Gasteiger partial charge is 0.412 e. The van der Waals surface area contributed by atoms with Gasteiger partial charge in [-0.05, 0) is 25.1 Å². The van der Waals surface area contributed by atoms with E-state index in [-0.39, 0.29) is 5.76 Å². The van der Waals surface area contributed by atoms with Crippen molar-refractivity contribution in [2.75, 3.05) is 0 Å². The van der Waals surface area contributed by atoms with E-state index < -0.39 is 12.2 Å². The van der Waals surface area contributed by atoms with E-state index in [4.69, 9.17) is 10.3 Å². The lowest BCUT2D eigenvalue weighted by atomic mass is 10.1. The van der Waals surface area contributed by atoms with Crippen LogP contribution in [-0.4, -0.2) is 6.18 Å². The minimum Gasteiger partial charge on any atom is -0.459 e. The van der Waals surface area contributed by atoms with Gasteiger partial charge in [-0.3, -0.25) is 5.84 Å². The molecule has 2 rings (SSSR count). The van der Waals surface area contributed by atoms with Crippen LogP contribution in [-0.2, 0) is 0 Å². The molecule has 0 spiro atoms. The number of hydrogen-bond acceptors (Lipinski definition) is 3. The second-order valence-corrected chi connectivity index (χ2v) is 3.83. The Balaban J connectivity index is 2.48. The average molecular weight is 244 g/mol. The molecule has 3 N–H and O–H groups in total. The van der Waals surface area contributed by atoms with Crippen molar-refractivity contribution < 1.29 is 17.6 Å². The van der Waals surface area contributed by atoms with E-state index in [0.29, 0.717) is 11.0 Å². The van der Waals surface area contributed by atoms with Gasteiger partial charge >= 0.3 is 6.18 Å². The zero-order valence-corrected chi connectivity index (χ0v) is 9.01. The SMILES string of the molecule is Cc1ccc2oc(C(NN)C(F)(F)F)cc2c1. The maximum atomic E-state index is 12.6. The topological polar surface area (TPSA) is 51.2 Å². The van der Waals surface area contributed by atoms with Crippen LogP contribution in [0.2, 0.25) is 0 Å². The maximum absolute atomic E-state index is 12.6. The van der Waals surface area contributed by atoms with Crippen LogP contribution in [0.25, 0.3) is 11.0 Å². The molecule has 0 fully saturated rings. The van der Waals surface area contributed by atoms with Gasteiger partial charge in [0.15, 0.2) is 6.04 Å². The fourth-order valence-electron chi connectivity index (χ4n) is 1.66. The zero-order valence-electron chi connectivity index (χ0n) is 9.01. The van der Waals surface area contributed by atoms with Gasteiger partial charge in [0.1, 0.15) is 11.3 Å². The van der Waals surface area contributed by atoms with Gasteiger partial charge < -0.3 is 4.42 Å².